The number of hydrogen-bond acceptors (Lipinski definition) is 4. The maximum absolute atomic E-state index is 9.29. The molecule has 0 aromatic carbocycles. The largest absolute Gasteiger partial charge is 0.396 e. The lowest BCUT2D eigenvalue weighted by Gasteiger charge is -2.37. The third-order valence-electron chi connectivity index (χ3n) is 5.24. The van der Waals surface area contributed by atoms with Gasteiger partial charge in [0.25, 0.3) is 0 Å². The molecule has 2 unspecified atom stereocenters. The van der Waals surface area contributed by atoms with Crippen molar-refractivity contribution in [1.29, 1.82) is 0 Å². The van der Waals surface area contributed by atoms with Crippen LogP contribution in [0.2, 0.25) is 0 Å². The average Bonchev–Trinajstić information content (AvgIpc) is 2.63. The summed E-state index contributed by atoms with van der Waals surface area (Å²) < 4.78 is 0. The van der Waals surface area contributed by atoms with Gasteiger partial charge in [-0.1, -0.05) is 20.8 Å². The number of aliphatic hydroxyl groups excluding tert-OH is 1. The lowest BCUT2D eigenvalue weighted by molar-refractivity contribution is 0.107. The van der Waals surface area contributed by atoms with Crippen molar-refractivity contribution >= 4 is 29.9 Å². The number of piperazine rings is 1. The standard InChI is InChI=1S/C20H43N5O.HI/c1-6-21-20(23-16-19(8-13-26)14-17(3)4)22-15-18(5)25-11-9-24(7-2)10-12-25;/h17-19,26H,6-16H2,1-5H3,(H2,21,22,23);1H. The molecule has 1 rings (SSSR count). The fourth-order valence-electron chi connectivity index (χ4n) is 3.59. The smallest absolute Gasteiger partial charge is 0.191 e. The highest BCUT2D eigenvalue weighted by Gasteiger charge is 2.20. The molecule has 0 aromatic heterocycles. The van der Waals surface area contributed by atoms with Crippen molar-refractivity contribution in [3.8, 4) is 0 Å². The first-order chi connectivity index (χ1) is 12.5. The summed E-state index contributed by atoms with van der Waals surface area (Å²) in [5.41, 5.74) is 0. The van der Waals surface area contributed by atoms with Gasteiger partial charge in [0.2, 0.25) is 0 Å². The van der Waals surface area contributed by atoms with Gasteiger partial charge in [0.1, 0.15) is 0 Å². The molecule has 0 spiro atoms. The minimum absolute atomic E-state index is 0. The predicted octanol–water partition coefficient (Wildman–Crippen LogP) is 2.23. The topological polar surface area (TPSA) is 63.1 Å². The molecular weight excluding hydrogens is 453 g/mol. The molecule has 0 amide bonds. The molecule has 0 aliphatic carbocycles. The highest BCUT2D eigenvalue weighted by molar-refractivity contribution is 14.0. The number of guanidine groups is 1. The van der Waals surface area contributed by atoms with Crippen LogP contribution in [0, 0.1) is 11.8 Å². The molecule has 1 fully saturated rings. The van der Waals surface area contributed by atoms with Crippen molar-refractivity contribution < 1.29 is 5.11 Å². The van der Waals surface area contributed by atoms with Crippen molar-refractivity contribution in [2.75, 3.05) is 59.0 Å². The van der Waals surface area contributed by atoms with E-state index in [9.17, 15) is 5.11 Å². The molecule has 162 valence electrons. The van der Waals surface area contributed by atoms with E-state index < -0.39 is 0 Å². The van der Waals surface area contributed by atoms with E-state index in [0.29, 0.717) is 17.9 Å². The molecule has 1 aliphatic heterocycles. The Morgan fingerprint density at radius 3 is 2.26 bits per heavy atom. The number of rotatable bonds is 11. The number of aliphatic imine (C=N–C) groups is 1. The van der Waals surface area contributed by atoms with E-state index in [1.165, 1.54) is 13.1 Å². The SMILES string of the molecule is CCNC(=NCC(CCO)CC(C)C)NCC(C)N1CCN(CC)CC1.I. The van der Waals surface area contributed by atoms with E-state index in [1.807, 2.05) is 0 Å². The van der Waals surface area contributed by atoms with Crippen LogP contribution in [0.1, 0.15) is 47.5 Å². The van der Waals surface area contributed by atoms with E-state index in [1.54, 1.807) is 0 Å². The molecule has 0 bridgehead atoms. The zero-order chi connectivity index (χ0) is 19.4. The van der Waals surface area contributed by atoms with Crippen molar-refractivity contribution in [2.24, 2.45) is 16.8 Å². The highest BCUT2D eigenvalue weighted by Crippen LogP contribution is 2.15. The van der Waals surface area contributed by atoms with Gasteiger partial charge in [0, 0.05) is 58.5 Å². The van der Waals surface area contributed by atoms with Crippen molar-refractivity contribution in [2.45, 2.75) is 53.5 Å². The second-order valence-electron chi connectivity index (χ2n) is 7.93. The number of halogens is 1. The number of nitrogens with zero attached hydrogens (tertiary/aromatic N) is 3. The summed E-state index contributed by atoms with van der Waals surface area (Å²) in [4.78, 5) is 9.86. The monoisotopic (exact) mass is 497 g/mol. The van der Waals surface area contributed by atoms with Gasteiger partial charge in [-0.25, -0.2) is 0 Å². The second-order valence-corrected chi connectivity index (χ2v) is 7.93. The molecule has 6 nitrogen and oxygen atoms in total. The maximum atomic E-state index is 9.29. The zero-order valence-corrected chi connectivity index (χ0v) is 20.5. The first-order valence-electron chi connectivity index (χ1n) is 10.6. The Balaban J connectivity index is 0.00000676. The molecule has 1 saturated heterocycles. The van der Waals surface area contributed by atoms with Crippen LogP contribution in [-0.4, -0.2) is 85.9 Å². The summed E-state index contributed by atoms with van der Waals surface area (Å²) in [5, 5.41) is 16.2. The van der Waals surface area contributed by atoms with E-state index in [0.717, 1.165) is 58.1 Å². The number of hydrogen-bond donors (Lipinski definition) is 3. The van der Waals surface area contributed by atoms with Gasteiger partial charge in [-0.2, -0.15) is 0 Å². The van der Waals surface area contributed by atoms with Gasteiger partial charge in [-0.3, -0.25) is 9.89 Å². The predicted molar refractivity (Wildman–Crippen MR) is 127 cm³/mol. The van der Waals surface area contributed by atoms with Crippen LogP contribution in [0.25, 0.3) is 0 Å². The minimum atomic E-state index is 0. The molecule has 2 atom stereocenters. The highest BCUT2D eigenvalue weighted by atomic mass is 127. The molecule has 0 radical (unpaired) electrons. The summed E-state index contributed by atoms with van der Waals surface area (Å²) in [7, 11) is 0. The van der Waals surface area contributed by atoms with Crippen molar-refractivity contribution in [3.63, 3.8) is 0 Å². The van der Waals surface area contributed by atoms with Crippen LogP contribution in [0.15, 0.2) is 4.99 Å². The molecule has 1 heterocycles. The van der Waals surface area contributed by atoms with E-state index in [-0.39, 0.29) is 30.6 Å². The van der Waals surface area contributed by atoms with Crippen LogP contribution >= 0.6 is 24.0 Å². The van der Waals surface area contributed by atoms with Gasteiger partial charge in [-0.15, -0.1) is 24.0 Å². The molecule has 27 heavy (non-hydrogen) atoms. The molecule has 0 aromatic rings. The Kier molecular flexibility index (Phi) is 15.7. The third-order valence-corrected chi connectivity index (χ3v) is 5.24. The van der Waals surface area contributed by atoms with Gasteiger partial charge < -0.3 is 20.6 Å². The quantitative estimate of drug-likeness (QED) is 0.232. The molecule has 3 N–H and O–H groups in total. The minimum Gasteiger partial charge on any atom is -0.396 e. The van der Waals surface area contributed by atoms with Crippen LogP contribution in [-0.2, 0) is 0 Å². The lowest BCUT2D eigenvalue weighted by atomic mass is 9.94. The lowest BCUT2D eigenvalue weighted by Crippen LogP contribution is -2.53. The summed E-state index contributed by atoms with van der Waals surface area (Å²) in [6.45, 7) is 19.7. The van der Waals surface area contributed by atoms with Crippen LogP contribution in [0.5, 0.6) is 0 Å². The Morgan fingerprint density at radius 1 is 1.07 bits per heavy atom. The second kappa shape index (κ2) is 15.8. The third kappa shape index (κ3) is 11.5. The van der Waals surface area contributed by atoms with E-state index >= 15 is 0 Å². The van der Waals surface area contributed by atoms with Gasteiger partial charge in [0.05, 0.1) is 0 Å². The summed E-state index contributed by atoms with van der Waals surface area (Å²) in [6.07, 6.45) is 1.95. The Hall–Kier alpha value is -0.120. The first kappa shape index (κ1) is 26.9. The molecule has 7 heteroatoms. The number of nitrogens with one attached hydrogen (secondary N) is 2. The fourth-order valence-corrected chi connectivity index (χ4v) is 3.59. The molecule has 0 saturated carbocycles. The van der Waals surface area contributed by atoms with Crippen LogP contribution in [0.4, 0.5) is 0 Å². The Morgan fingerprint density at radius 2 is 1.74 bits per heavy atom. The molecule has 1 aliphatic rings. The van der Waals surface area contributed by atoms with Crippen molar-refractivity contribution in [1.82, 2.24) is 20.4 Å². The van der Waals surface area contributed by atoms with Gasteiger partial charge in [0.15, 0.2) is 5.96 Å². The molecular formula is C20H44IN5O. The number of likely N-dealkylation sites (N-methyl/N-ethyl adjacent to an activating group) is 1. The summed E-state index contributed by atoms with van der Waals surface area (Å²) in [6, 6.07) is 0.502. The Labute approximate surface area is 184 Å². The summed E-state index contributed by atoms with van der Waals surface area (Å²) >= 11 is 0. The maximum Gasteiger partial charge on any atom is 0.191 e. The van der Waals surface area contributed by atoms with Crippen LogP contribution < -0.4 is 10.6 Å². The van der Waals surface area contributed by atoms with Gasteiger partial charge >= 0.3 is 0 Å². The fraction of sp³-hybridized carbons (Fsp3) is 0.950. The van der Waals surface area contributed by atoms with Gasteiger partial charge in [-0.05, 0) is 45.1 Å². The van der Waals surface area contributed by atoms with E-state index in [4.69, 9.17) is 4.99 Å². The van der Waals surface area contributed by atoms with Crippen LogP contribution in [0.3, 0.4) is 0 Å². The van der Waals surface area contributed by atoms with E-state index in [2.05, 4.69) is 55.1 Å². The Bertz CT molecular complexity index is 387. The summed E-state index contributed by atoms with van der Waals surface area (Å²) in [5.74, 6) is 1.99. The number of aliphatic hydroxyl groups is 1. The normalized spacial score (nSPS) is 18.9. The first-order valence-corrected chi connectivity index (χ1v) is 10.6. The van der Waals surface area contributed by atoms with Crippen molar-refractivity contribution in [3.05, 3.63) is 0 Å². The zero-order valence-electron chi connectivity index (χ0n) is 18.2. The average molecular weight is 498 g/mol.